The molecular formula is C40H81NO9. The molecule has 0 rings (SSSR count). The summed E-state index contributed by atoms with van der Waals surface area (Å²) in [6.45, 7) is 14.9. The van der Waals surface area contributed by atoms with Crippen molar-refractivity contribution in [2.24, 2.45) is 17.6 Å². The van der Waals surface area contributed by atoms with Crippen LogP contribution in [0.2, 0.25) is 0 Å². The third kappa shape index (κ3) is 39.9. The summed E-state index contributed by atoms with van der Waals surface area (Å²) in [6.07, 6.45) is 23.1. The Morgan fingerprint density at radius 2 is 0.760 bits per heavy atom. The first-order valence-electron chi connectivity index (χ1n) is 20.4. The molecule has 0 aromatic heterocycles. The van der Waals surface area contributed by atoms with Gasteiger partial charge in [0.15, 0.2) is 5.72 Å². The molecule has 3 N–H and O–H groups in total. The highest BCUT2D eigenvalue weighted by molar-refractivity contribution is 5.68. The summed E-state index contributed by atoms with van der Waals surface area (Å²) in [5.41, 5.74) is 4.76. The Morgan fingerprint density at radius 3 is 1.12 bits per heavy atom. The highest BCUT2D eigenvalue weighted by atomic mass is 16.6. The number of carboxylic acid groups (broad SMARTS) is 1. The third-order valence-electron chi connectivity index (χ3n) is 8.54. The maximum Gasteiger partial charge on any atom is 0.307 e. The van der Waals surface area contributed by atoms with E-state index in [4.69, 9.17) is 38.9 Å². The largest absolute Gasteiger partial charge is 0.481 e. The fraction of sp³-hybridized carbons (Fsp3) is 0.975. The van der Waals surface area contributed by atoms with Gasteiger partial charge in [-0.25, -0.2) is 0 Å². The number of hydrogen-bond acceptors (Lipinski definition) is 9. The zero-order valence-corrected chi connectivity index (χ0v) is 33.1. The lowest BCUT2D eigenvalue weighted by Gasteiger charge is -2.28. The number of rotatable bonds is 42. The molecule has 0 aromatic carbocycles. The van der Waals surface area contributed by atoms with Gasteiger partial charge in [0.25, 0.3) is 0 Å². The lowest BCUT2D eigenvalue weighted by molar-refractivity contribution is -0.154. The molecule has 0 aliphatic rings. The molecule has 10 heteroatoms. The van der Waals surface area contributed by atoms with Crippen molar-refractivity contribution in [1.29, 1.82) is 0 Å². The molecule has 1 atom stereocenters. The van der Waals surface area contributed by atoms with Crippen LogP contribution in [0, 0.1) is 11.8 Å². The molecule has 0 amide bonds. The third-order valence-corrected chi connectivity index (χ3v) is 8.54. The van der Waals surface area contributed by atoms with Gasteiger partial charge in [-0.05, 0) is 24.7 Å². The normalized spacial score (nSPS) is 13.1. The minimum absolute atomic E-state index is 0.0349. The van der Waals surface area contributed by atoms with Crippen molar-refractivity contribution >= 4 is 5.97 Å². The van der Waals surface area contributed by atoms with Gasteiger partial charge in [-0.1, -0.05) is 130 Å². The highest BCUT2D eigenvalue weighted by Crippen LogP contribution is 2.14. The Labute approximate surface area is 307 Å². The molecule has 50 heavy (non-hydrogen) atoms. The number of ether oxygens (including phenoxy) is 7. The molecule has 0 heterocycles. The van der Waals surface area contributed by atoms with Gasteiger partial charge in [-0.2, -0.15) is 0 Å². The fourth-order valence-corrected chi connectivity index (χ4v) is 5.56. The predicted octanol–water partition coefficient (Wildman–Crippen LogP) is 8.57. The molecular weight excluding hydrogens is 638 g/mol. The van der Waals surface area contributed by atoms with Crippen molar-refractivity contribution in [2.75, 3.05) is 85.9 Å². The average Bonchev–Trinajstić information content (AvgIpc) is 3.06. The number of carbonyl (C=O) groups is 1. The van der Waals surface area contributed by atoms with E-state index in [0.29, 0.717) is 59.5 Å². The zero-order valence-electron chi connectivity index (χ0n) is 33.1. The van der Waals surface area contributed by atoms with E-state index in [-0.39, 0.29) is 26.2 Å². The summed E-state index contributed by atoms with van der Waals surface area (Å²) in [5, 5.41) is 9.27. The van der Waals surface area contributed by atoms with Gasteiger partial charge >= 0.3 is 5.97 Å². The van der Waals surface area contributed by atoms with Crippen molar-refractivity contribution in [3.8, 4) is 0 Å². The van der Waals surface area contributed by atoms with E-state index < -0.39 is 11.7 Å². The Balaban J connectivity index is 3.53. The van der Waals surface area contributed by atoms with Gasteiger partial charge in [0.2, 0.25) is 0 Å². The van der Waals surface area contributed by atoms with Crippen LogP contribution < -0.4 is 5.73 Å². The molecule has 0 bridgehead atoms. The first-order chi connectivity index (χ1) is 24.2. The van der Waals surface area contributed by atoms with Gasteiger partial charge in [0.1, 0.15) is 0 Å². The predicted molar refractivity (Wildman–Crippen MR) is 203 cm³/mol. The summed E-state index contributed by atoms with van der Waals surface area (Å²) in [7, 11) is 0. The van der Waals surface area contributed by atoms with Crippen molar-refractivity contribution in [3.63, 3.8) is 0 Å². The molecule has 0 aromatic rings. The van der Waals surface area contributed by atoms with Crippen molar-refractivity contribution < 1.29 is 43.1 Å². The molecule has 300 valence electrons. The van der Waals surface area contributed by atoms with Gasteiger partial charge in [-0.3, -0.25) is 4.79 Å². The van der Waals surface area contributed by atoms with E-state index in [1.807, 2.05) is 0 Å². The Morgan fingerprint density at radius 1 is 0.460 bits per heavy atom. The van der Waals surface area contributed by atoms with Crippen LogP contribution in [0.15, 0.2) is 0 Å². The van der Waals surface area contributed by atoms with Crippen LogP contribution in [-0.4, -0.2) is 103 Å². The van der Waals surface area contributed by atoms with Crippen LogP contribution in [0.25, 0.3) is 0 Å². The summed E-state index contributed by atoms with van der Waals surface area (Å²) in [6, 6.07) is 0. The zero-order chi connectivity index (χ0) is 36.8. The van der Waals surface area contributed by atoms with Crippen molar-refractivity contribution in [1.82, 2.24) is 0 Å². The molecule has 0 aliphatic heterocycles. The van der Waals surface area contributed by atoms with Gasteiger partial charge < -0.3 is 44.0 Å². The van der Waals surface area contributed by atoms with Crippen LogP contribution >= 0.6 is 0 Å². The maximum absolute atomic E-state index is 11.3. The van der Waals surface area contributed by atoms with Crippen molar-refractivity contribution in [3.05, 3.63) is 0 Å². The van der Waals surface area contributed by atoms with Gasteiger partial charge in [0.05, 0.1) is 79.1 Å². The smallest absolute Gasteiger partial charge is 0.307 e. The molecule has 0 radical (unpaired) electrons. The molecule has 0 saturated heterocycles. The minimum atomic E-state index is -1.42. The van der Waals surface area contributed by atoms with E-state index in [1.165, 1.54) is 103 Å². The first kappa shape index (κ1) is 49.1. The summed E-state index contributed by atoms with van der Waals surface area (Å²) >= 11 is 0. The van der Waals surface area contributed by atoms with Crippen LogP contribution in [0.3, 0.4) is 0 Å². The van der Waals surface area contributed by atoms with Crippen LogP contribution in [-0.2, 0) is 38.0 Å². The van der Waals surface area contributed by atoms with Crippen LogP contribution in [0.4, 0.5) is 0 Å². The maximum atomic E-state index is 11.3. The Hall–Kier alpha value is -0.850. The first-order valence-corrected chi connectivity index (χ1v) is 20.4. The Bertz CT molecular complexity index is 698. The number of carboxylic acids is 1. The SMILES string of the molecule is CC(C)CCCCCCCCCCOCCOCCOCCOCCOC(N)(COCCOCCCCCCCCCCC(C)C)CC(=O)O. The van der Waals surface area contributed by atoms with E-state index in [1.54, 1.807) is 0 Å². The summed E-state index contributed by atoms with van der Waals surface area (Å²) < 4.78 is 39.2. The monoisotopic (exact) mass is 720 g/mol. The summed E-state index contributed by atoms with van der Waals surface area (Å²) in [5.74, 6) is 0.609. The lowest BCUT2D eigenvalue weighted by Crippen LogP contribution is -2.49. The molecule has 0 aliphatic carbocycles. The lowest BCUT2D eigenvalue weighted by atomic mass is 10.0. The second-order valence-electron chi connectivity index (χ2n) is 14.6. The second kappa shape index (κ2) is 37.9. The standard InChI is InChI=1S/C40H81NO9/c1-37(2)21-17-13-9-5-7-11-15-19-23-44-25-26-46-27-28-47-29-30-48-33-34-50-40(41,35-39(42)43)36-49-32-31-45-24-20-16-12-8-6-10-14-18-22-38(3)4/h37-38H,5-36,41H2,1-4H3,(H,42,43). The van der Waals surface area contributed by atoms with Crippen LogP contribution in [0.5, 0.6) is 0 Å². The molecule has 10 nitrogen and oxygen atoms in total. The molecule has 1 unspecified atom stereocenters. The van der Waals surface area contributed by atoms with Crippen LogP contribution in [0.1, 0.15) is 150 Å². The second-order valence-corrected chi connectivity index (χ2v) is 14.6. The average molecular weight is 720 g/mol. The molecule has 0 spiro atoms. The topological polar surface area (TPSA) is 128 Å². The number of unbranched alkanes of at least 4 members (excludes halogenated alkanes) is 14. The number of nitrogens with two attached hydrogens (primary N) is 1. The Kier molecular flexibility index (Phi) is 37.2. The number of hydrogen-bond donors (Lipinski definition) is 2. The van der Waals surface area contributed by atoms with Crippen molar-refractivity contribution in [2.45, 2.75) is 155 Å². The quantitative estimate of drug-likeness (QED) is 0.0468. The molecule has 0 saturated carbocycles. The minimum Gasteiger partial charge on any atom is -0.481 e. The number of aliphatic carboxylic acids is 1. The summed E-state index contributed by atoms with van der Waals surface area (Å²) in [4.78, 5) is 11.3. The van der Waals surface area contributed by atoms with E-state index in [0.717, 1.165) is 31.3 Å². The van der Waals surface area contributed by atoms with E-state index >= 15 is 0 Å². The molecule has 0 fully saturated rings. The fourth-order valence-electron chi connectivity index (χ4n) is 5.56. The van der Waals surface area contributed by atoms with Gasteiger partial charge in [-0.15, -0.1) is 0 Å². The van der Waals surface area contributed by atoms with Gasteiger partial charge in [0, 0.05) is 13.2 Å². The van der Waals surface area contributed by atoms with E-state index in [2.05, 4.69) is 27.7 Å². The van der Waals surface area contributed by atoms with E-state index in [9.17, 15) is 9.90 Å². The highest BCUT2D eigenvalue weighted by Gasteiger charge is 2.29.